The standard InChI is InChI=1S/C20H28FN3O2.ClH/c21-16-10-9-15(23-19(25)11-14-7-4-8-17(14)22)12-18(16)24-20(26)13-5-2-1-3-6-13;/h9-10,12-14,17H,1-8,11,22H2,(H,23,25)(H,24,26);1H/t14-,17+;/m0./s1. The second-order valence-electron chi connectivity index (χ2n) is 7.63. The van der Waals surface area contributed by atoms with Crippen LogP contribution in [0.3, 0.4) is 0 Å². The minimum absolute atomic E-state index is 0. The van der Waals surface area contributed by atoms with Crippen molar-refractivity contribution in [3.8, 4) is 0 Å². The van der Waals surface area contributed by atoms with Crippen molar-refractivity contribution >= 4 is 35.6 Å². The zero-order chi connectivity index (χ0) is 18.5. The van der Waals surface area contributed by atoms with E-state index in [0.29, 0.717) is 12.1 Å². The lowest BCUT2D eigenvalue weighted by molar-refractivity contribution is -0.120. The van der Waals surface area contributed by atoms with Crippen LogP contribution < -0.4 is 16.4 Å². The average molecular weight is 398 g/mol. The van der Waals surface area contributed by atoms with Gasteiger partial charge >= 0.3 is 0 Å². The van der Waals surface area contributed by atoms with Crippen molar-refractivity contribution in [1.29, 1.82) is 0 Å². The summed E-state index contributed by atoms with van der Waals surface area (Å²) in [6.07, 6.45) is 8.32. The molecular formula is C20H29ClFN3O2. The summed E-state index contributed by atoms with van der Waals surface area (Å²) in [7, 11) is 0. The van der Waals surface area contributed by atoms with Crippen LogP contribution in [0, 0.1) is 17.7 Å². The molecule has 2 atom stereocenters. The van der Waals surface area contributed by atoms with Crippen LogP contribution in [0.25, 0.3) is 0 Å². The quantitative estimate of drug-likeness (QED) is 0.695. The summed E-state index contributed by atoms with van der Waals surface area (Å²) in [5.41, 5.74) is 6.62. The number of amides is 2. The van der Waals surface area contributed by atoms with Gasteiger partial charge in [0.15, 0.2) is 0 Å². The lowest BCUT2D eigenvalue weighted by Crippen LogP contribution is -2.28. The minimum atomic E-state index is -0.495. The Hall–Kier alpha value is -1.66. The van der Waals surface area contributed by atoms with E-state index in [1.54, 1.807) is 0 Å². The SMILES string of the molecule is Cl.N[C@@H]1CCC[C@H]1CC(=O)Nc1ccc(F)c(NC(=O)C2CCCCC2)c1. The van der Waals surface area contributed by atoms with Gasteiger partial charge in [0.1, 0.15) is 5.82 Å². The molecule has 1 aromatic carbocycles. The van der Waals surface area contributed by atoms with E-state index in [1.807, 2.05) is 0 Å². The summed E-state index contributed by atoms with van der Waals surface area (Å²) in [6, 6.07) is 4.35. The van der Waals surface area contributed by atoms with Gasteiger partial charge in [-0.05, 0) is 49.8 Å². The third-order valence-electron chi connectivity index (χ3n) is 5.65. The fourth-order valence-electron chi connectivity index (χ4n) is 4.07. The smallest absolute Gasteiger partial charge is 0.227 e. The van der Waals surface area contributed by atoms with Crippen molar-refractivity contribution in [1.82, 2.24) is 0 Å². The van der Waals surface area contributed by atoms with E-state index in [9.17, 15) is 14.0 Å². The molecule has 0 unspecified atom stereocenters. The van der Waals surface area contributed by atoms with Crippen molar-refractivity contribution in [2.75, 3.05) is 10.6 Å². The fourth-order valence-corrected chi connectivity index (χ4v) is 4.07. The molecule has 7 heteroatoms. The molecule has 2 aliphatic rings. The Labute approximate surface area is 166 Å². The largest absolute Gasteiger partial charge is 0.327 e. The number of nitrogens with two attached hydrogens (primary N) is 1. The normalized spacial score (nSPS) is 22.7. The maximum atomic E-state index is 14.1. The molecule has 0 spiro atoms. The lowest BCUT2D eigenvalue weighted by Gasteiger charge is -2.21. The van der Waals surface area contributed by atoms with Crippen LogP contribution in [0.1, 0.15) is 57.8 Å². The summed E-state index contributed by atoms with van der Waals surface area (Å²) >= 11 is 0. The van der Waals surface area contributed by atoms with E-state index < -0.39 is 5.82 Å². The molecule has 150 valence electrons. The lowest BCUT2D eigenvalue weighted by atomic mass is 9.88. The van der Waals surface area contributed by atoms with Gasteiger partial charge in [0, 0.05) is 24.1 Å². The van der Waals surface area contributed by atoms with Crippen LogP contribution in [-0.4, -0.2) is 17.9 Å². The first-order valence-corrected chi connectivity index (χ1v) is 9.69. The van der Waals surface area contributed by atoms with Crippen molar-refractivity contribution in [3.63, 3.8) is 0 Å². The van der Waals surface area contributed by atoms with Gasteiger partial charge in [-0.1, -0.05) is 25.7 Å². The number of nitrogens with one attached hydrogen (secondary N) is 2. The predicted octanol–water partition coefficient (Wildman–Crippen LogP) is 4.22. The first-order valence-electron chi connectivity index (χ1n) is 9.69. The second kappa shape index (κ2) is 10.0. The molecular weight excluding hydrogens is 369 g/mol. The molecule has 0 aliphatic heterocycles. The van der Waals surface area contributed by atoms with Crippen LogP contribution in [-0.2, 0) is 9.59 Å². The maximum absolute atomic E-state index is 14.1. The summed E-state index contributed by atoms with van der Waals surface area (Å²) in [5, 5.41) is 5.49. The summed E-state index contributed by atoms with van der Waals surface area (Å²) in [4.78, 5) is 24.6. The summed E-state index contributed by atoms with van der Waals surface area (Å²) < 4.78 is 14.1. The van der Waals surface area contributed by atoms with Gasteiger partial charge in [0.2, 0.25) is 11.8 Å². The number of hydrogen-bond donors (Lipinski definition) is 3. The van der Waals surface area contributed by atoms with Crippen LogP contribution in [0.2, 0.25) is 0 Å². The van der Waals surface area contributed by atoms with Gasteiger partial charge in [-0.15, -0.1) is 12.4 Å². The molecule has 0 heterocycles. The third-order valence-corrected chi connectivity index (χ3v) is 5.65. The van der Waals surface area contributed by atoms with E-state index >= 15 is 0 Å². The predicted molar refractivity (Wildman–Crippen MR) is 107 cm³/mol. The number of halogens is 2. The highest BCUT2D eigenvalue weighted by atomic mass is 35.5. The van der Waals surface area contributed by atoms with Gasteiger partial charge in [-0.2, -0.15) is 0 Å². The molecule has 0 aromatic heterocycles. The highest BCUT2D eigenvalue weighted by molar-refractivity contribution is 5.95. The van der Waals surface area contributed by atoms with Crippen molar-refractivity contribution < 1.29 is 14.0 Å². The Balaban J connectivity index is 0.00000261. The van der Waals surface area contributed by atoms with Crippen LogP contribution in [0.15, 0.2) is 18.2 Å². The number of rotatable bonds is 5. The Morgan fingerprint density at radius 2 is 1.78 bits per heavy atom. The summed E-state index contributed by atoms with van der Waals surface area (Å²) in [6.45, 7) is 0. The maximum Gasteiger partial charge on any atom is 0.227 e. The molecule has 4 N–H and O–H groups in total. The number of hydrogen-bond acceptors (Lipinski definition) is 3. The summed E-state index contributed by atoms with van der Waals surface area (Å²) in [5.74, 6) is -0.594. The zero-order valence-corrected chi connectivity index (χ0v) is 16.3. The fraction of sp³-hybridized carbons (Fsp3) is 0.600. The Morgan fingerprint density at radius 3 is 2.44 bits per heavy atom. The number of carbonyl (C=O) groups is 2. The van der Waals surface area contributed by atoms with Crippen molar-refractivity contribution in [3.05, 3.63) is 24.0 Å². The molecule has 2 fully saturated rings. The van der Waals surface area contributed by atoms with Gasteiger partial charge in [0.05, 0.1) is 5.69 Å². The Kier molecular flexibility index (Phi) is 8.05. The molecule has 2 aliphatic carbocycles. The second-order valence-corrected chi connectivity index (χ2v) is 7.63. The molecule has 0 bridgehead atoms. The minimum Gasteiger partial charge on any atom is -0.327 e. The molecule has 0 radical (unpaired) electrons. The van der Waals surface area contributed by atoms with E-state index in [-0.39, 0.29) is 47.8 Å². The molecule has 3 rings (SSSR count). The Bertz CT molecular complexity index is 665. The van der Waals surface area contributed by atoms with Crippen LogP contribution in [0.4, 0.5) is 15.8 Å². The first-order chi connectivity index (χ1) is 12.5. The molecule has 0 saturated heterocycles. The van der Waals surface area contributed by atoms with E-state index in [1.165, 1.54) is 18.2 Å². The average Bonchev–Trinajstić information content (AvgIpc) is 3.03. The highest BCUT2D eigenvalue weighted by Crippen LogP contribution is 2.28. The number of carbonyl (C=O) groups excluding carboxylic acids is 2. The third kappa shape index (κ3) is 5.91. The Morgan fingerprint density at radius 1 is 1.04 bits per heavy atom. The van der Waals surface area contributed by atoms with Gasteiger partial charge in [-0.25, -0.2) is 4.39 Å². The van der Waals surface area contributed by atoms with Gasteiger partial charge in [-0.3, -0.25) is 9.59 Å². The first kappa shape index (κ1) is 21.6. The van der Waals surface area contributed by atoms with Crippen molar-refractivity contribution in [2.24, 2.45) is 17.6 Å². The molecule has 2 saturated carbocycles. The molecule has 1 aromatic rings. The monoisotopic (exact) mass is 397 g/mol. The number of anilines is 2. The van der Waals surface area contributed by atoms with E-state index in [0.717, 1.165) is 51.4 Å². The zero-order valence-electron chi connectivity index (χ0n) is 15.5. The number of benzene rings is 1. The molecule has 5 nitrogen and oxygen atoms in total. The van der Waals surface area contributed by atoms with Gasteiger partial charge < -0.3 is 16.4 Å². The van der Waals surface area contributed by atoms with Crippen molar-refractivity contribution in [2.45, 2.75) is 63.8 Å². The topological polar surface area (TPSA) is 84.2 Å². The van der Waals surface area contributed by atoms with Gasteiger partial charge in [0.25, 0.3) is 0 Å². The van der Waals surface area contributed by atoms with E-state index in [4.69, 9.17) is 5.73 Å². The van der Waals surface area contributed by atoms with Crippen LogP contribution >= 0.6 is 12.4 Å². The van der Waals surface area contributed by atoms with Crippen LogP contribution in [0.5, 0.6) is 0 Å². The molecule has 27 heavy (non-hydrogen) atoms. The molecule has 2 amide bonds. The highest BCUT2D eigenvalue weighted by Gasteiger charge is 2.26. The van der Waals surface area contributed by atoms with E-state index in [2.05, 4.69) is 10.6 Å².